The number of rotatable bonds is 6. The van der Waals surface area contributed by atoms with E-state index in [0.717, 1.165) is 49.7 Å². The number of fused-ring (bicyclic) bond motifs is 1. The maximum Gasteiger partial charge on any atom is 0.252 e. The highest BCUT2D eigenvalue weighted by atomic mass is 16.5. The lowest BCUT2D eigenvalue weighted by atomic mass is 10.1. The molecule has 0 saturated carbocycles. The van der Waals surface area contributed by atoms with Gasteiger partial charge in [0.15, 0.2) is 0 Å². The number of hydrogen-bond acceptors (Lipinski definition) is 6. The van der Waals surface area contributed by atoms with E-state index in [2.05, 4.69) is 25.3 Å². The number of amides is 1. The van der Waals surface area contributed by atoms with Crippen molar-refractivity contribution in [3.63, 3.8) is 0 Å². The summed E-state index contributed by atoms with van der Waals surface area (Å²) >= 11 is 0. The average molecular weight is 366 g/mol. The number of morpholine rings is 1. The van der Waals surface area contributed by atoms with E-state index >= 15 is 0 Å². The molecule has 8 heteroatoms. The van der Waals surface area contributed by atoms with Gasteiger partial charge in [0.1, 0.15) is 6.33 Å². The molecule has 1 aliphatic rings. The molecule has 3 heterocycles. The summed E-state index contributed by atoms with van der Waals surface area (Å²) in [6.45, 7) is 4.63. The smallest absolute Gasteiger partial charge is 0.252 e. The highest BCUT2D eigenvalue weighted by molar-refractivity contribution is 5.76. The first kappa shape index (κ1) is 17.6. The predicted molar refractivity (Wildman–Crippen MR) is 99.9 cm³/mol. The molecule has 140 valence electrons. The van der Waals surface area contributed by atoms with E-state index in [4.69, 9.17) is 4.74 Å². The Morgan fingerprint density at radius 1 is 1.11 bits per heavy atom. The van der Waals surface area contributed by atoms with E-state index in [0.29, 0.717) is 18.7 Å². The standard InChI is InChI=1S/C19H22N6O2/c26-18(6-8-24-9-11-27-12-10-24)21-13-15-1-3-16(4-2-15)17-5-7-20-19-22-14-23-25(17)19/h1-5,7,14H,6,8-13H2,(H,21,26). The fourth-order valence-electron chi connectivity index (χ4n) is 3.12. The van der Waals surface area contributed by atoms with Crippen molar-refractivity contribution in [1.82, 2.24) is 29.8 Å². The molecule has 1 aliphatic heterocycles. The Kier molecular flexibility index (Phi) is 5.36. The van der Waals surface area contributed by atoms with Gasteiger partial charge < -0.3 is 10.1 Å². The summed E-state index contributed by atoms with van der Waals surface area (Å²) in [5.74, 6) is 0.646. The van der Waals surface area contributed by atoms with Crippen molar-refractivity contribution < 1.29 is 9.53 Å². The van der Waals surface area contributed by atoms with Crippen LogP contribution in [-0.4, -0.2) is 63.2 Å². The van der Waals surface area contributed by atoms with E-state index in [1.54, 1.807) is 10.7 Å². The van der Waals surface area contributed by atoms with Gasteiger partial charge in [0.05, 0.1) is 18.9 Å². The zero-order valence-electron chi connectivity index (χ0n) is 15.0. The molecule has 2 aromatic heterocycles. The van der Waals surface area contributed by atoms with Crippen LogP contribution in [0.2, 0.25) is 0 Å². The molecule has 1 saturated heterocycles. The Hall–Kier alpha value is -2.84. The minimum absolute atomic E-state index is 0.0732. The third kappa shape index (κ3) is 4.29. The Morgan fingerprint density at radius 2 is 1.93 bits per heavy atom. The van der Waals surface area contributed by atoms with Crippen LogP contribution in [0.15, 0.2) is 42.9 Å². The van der Waals surface area contributed by atoms with E-state index in [-0.39, 0.29) is 5.91 Å². The van der Waals surface area contributed by atoms with Crippen LogP contribution in [0.4, 0.5) is 0 Å². The zero-order valence-corrected chi connectivity index (χ0v) is 15.0. The molecule has 0 aliphatic carbocycles. The van der Waals surface area contributed by atoms with Crippen molar-refractivity contribution in [2.45, 2.75) is 13.0 Å². The molecule has 1 aromatic carbocycles. The summed E-state index contributed by atoms with van der Waals surface area (Å²) in [6, 6.07) is 9.98. The number of ether oxygens (including phenoxy) is 1. The lowest BCUT2D eigenvalue weighted by molar-refractivity contribution is -0.121. The van der Waals surface area contributed by atoms with E-state index < -0.39 is 0 Å². The number of nitrogens with zero attached hydrogens (tertiary/aromatic N) is 5. The normalized spacial score (nSPS) is 15.1. The first-order valence-corrected chi connectivity index (χ1v) is 9.10. The average Bonchev–Trinajstić information content (AvgIpc) is 3.21. The second kappa shape index (κ2) is 8.24. The first-order valence-electron chi connectivity index (χ1n) is 9.10. The van der Waals surface area contributed by atoms with Crippen LogP contribution in [0.3, 0.4) is 0 Å². The number of carbonyl (C=O) groups excluding carboxylic acids is 1. The van der Waals surface area contributed by atoms with E-state index in [9.17, 15) is 4.79 Å². The van der Waals surface area contributed by atoms with Crippen molar-refractivity contribution in [2.24, 2.45) is 0 Å². The summed E-state index contributed by atoms with van der Waals surface area (Å²) in [5, 5.41) is 7.20. The van der Waals surface area contributed by atoms with Gasteiger partial charge in [0, 0.05) is 44.4 Å². The quantitative estimate of drug-likeness (QED) is 0.704. The largest absolute Gasteiger partial charge is 0.379 e. The van der Waals surface area contributed by atoms with Gasteiger partial charge in [-0.1, -0.05) is 24.3 Å². The van der Waals surface area contributed by atoms with Gasteiger partial charge in [-0.2, -0.15) is 14.6 Å². The third-order valence-corrected chi connectivity index (χ3v) is 4.68. The molecule has 0 bridgehead atoms. The molecular formula is C19H22N6O2. The zero-order chi connectivity index (χ0) is 18.5. The molecular weight excluding hydrogens is 344 g/mol. The predicted octanol–water partition coefficient (Wildman–Crippen LogP) is 1.13. The second-order valence-corrected chi connectivity index (χ2v) is 6.48. The van der Waals surface area contributed by atoms with Crippen molar-refractivity contribution in [1.29, 1.82) is 0 Å². The molecule has 1 N–H and O–H groups in total. The number of hydrogen-bond donors (Lipinski definition) is 1. The Balaban J connectivity index is 1.31. The number of nitrogens with one attached hydrogen (secondary N) is 1. The molecule has 0 unspecified atom stereocenters. The summed E-state index contributed by atoms with van der Waals surface area (Å²) < 4.78 is 7.03. The van der Waals surface area contributed by atoms with Crippen molar-refractivity contribution in [3.8, 4) is 11.3 Å². The second-order valence-electron chi connectivity index (χ2n) is 6.48. The number of aromatic nitrogens is 4. The summed E-state index contributed by atoms with van der Waals surface area (Å²) in [5.41, 5.74) is 3.01. The number of benzene rings is 1. The first-order chi connectivity index (χ1) is 13.3. The minimum atomic E-state index is 0.0732. The fraction of sp³-hybridized carbons (Fsp3) is 0.368. The maximum absolute atomic E-state index is 12.1. The highest BCUT2D eigenvalue weighted by Crippen LogP contribution is 2.19. The lowest BCUT2D eigenvalue weighted by Crippen LogP contribution is -2.38. The molecule has 0 radical (unpaired) electrons. The highest BCUT2D eigenvalue weighted by Gasteiger charge is 2.12. The van der Waals surface area contributed by atoms with Crippen LogP contribution in [0.1, 0.15) is 12.0 Å². The third-order valence-electron chi connectivity index (χ3n) is 4.68. The topological polar surface area (TPSA) is 84.6 Å². The van der Waals surface area contributed by atoms with E-state index in [1.807, 2.05) is 30.3 Å². The number of carbonyl (C=O) groups is 1. The van der Waals surface area contributed by atoms with Crippen LogP contribution in [0.25, 0.3) is 17.0 Å². The molecule has 1 amide bonds. The van der Waals surface area contributed by atoms with Gasteiger partial charge in [-0.05, 0) is 11.6 Å². The van der Waals surface area contributed by atoms with Gasteiger partial charge >= 0.3 is 0 Å². The van der Waals surface area contributed by atoms with Crippen molar-refractivity contribution in [2.75, 3.05) is 32.8 Å². The fourth-order valence-corrected chi connectivity index (χ4v) is 3.12. The van der Waals surface area contributed by atoms with Gasteiger partial charge in [0.2, 0.25) is 5.91 Å². The molecule has 0 spiro atoms. The van der Waals surface area contributed by atoms with Crippen LogP contribution in [-0.2, 0) is 16.1 Å². The maximum atomic E-state index is 12.1. The van der Waals surface area contributed by atoms with Gasteiger partial charge in [-0.15, -0.1) is 0 Å². The van der Waals surface area contributed by atoms with Crippen LogP contribution in [0.5, 0.6) is 0 Å². The van der Waals surface area contributed by atoms with Crippen LogP contribution < -0.4 is 5.32 Å². The molecule has 27 heavy (non-hydrogen) atoms. The van der Waals surface area contributed by atoms with Crippen LogP contribution in [0, 0.1) is 0 Å². The Morgan fingerprint density at radius 3 is 2.74 bits per heavy atom. The SMILES string of the molecule is O=C(CCN1CCOCC1)NCc1ccc(-c2ccnc3ncnn23)cc1. The monoisotopic (exact) mass is 366 g/mol. The lowest BCUT2D eigenvalue weighted by Gasteiger charge is -2.26. The summed E-state index contributed by atoms with van der Waals surface area (Å²) in [7, 11) is 0. The minimum Gasteiger partial charge on any atom is -0.379 e. The Bertz CT molecular complexity index is 902. The van der Waals surface area contributed by atoms with Crippen LogP contribution >= 0.6 is 0 Å². The molecule has 1 fully saturated rings. The Labute approximate surface area is 157 Å². The van der Waals surface area contributed by atoms with Gasteiger partial charge in [-0.25, -0.2) is 4.98 Å². The van der Waals surface area contributed by atoms with Crippen molar-refractivity contribution >= 4 is 11.7 Å². The molecule has 4 rings (SSSR count). The molecule has 8 nitrogen and oxygen atoms in total. The summed E-state index contributed by atoms with van der Waals surface area (Å²) in [4.78, 5) is 22.6. The summed E-state index contributed by atoms with van der Waals surface area (Å²) in [6.07, 6.45) is 3.73. The van der Waals surface area contributed by atoms with Gasteiger partial charge in [-0.3, -0.25) is 9.69 Å². The van der Waals surface area contributed by atoms with Gasteiger partial charge in [0.25, 0.3) is 5.78 Å². The molecule has 3 aromatic rings. The van der Waals surface area contributed by atoms with E-state index in [1.165, 1.54) is 6.33 Å². The van der Waals surface area contributed by atoms with Crippen molar-refractivity contribution in [3.05, 3.63) is 48.4 Å². The molecule has 0 atom stereocenters.